The molecule has 0 bridgehead atoms. The topological polar surface area (TPSA) is 29.1 Å². The summed E-state index contributed by atoms with van der Waals surface area (Å²) in [6.07, 6.45) is 4.09. The molecule has 1 aliphatic rings. The van der Waals surface area contributed by atoms with E-state index in [2.05, 4.69) is 21.2 Å². The van der Waals surface area contributed by atoms with Gasteiger partial charge in [-0.05, 0) is 65.7 Å². The molecule has 1 N–H and O–H groups in total. The minimum Gasteiger partial charge on any atom is -0.352 e. The number of alkyl halides is 1. The lowest BCUT2D eigenvalue weighted by molar-refractivity contribution is 0.0942. The number of rotatable bonds is 3. The predicted octanol–water partition coefficient (Wildman–Crippen LogP) is 4.12. The first kappa shape index (κ1) is 14.8. The van der Waals surface area contributed by atoms with Crippen molar-refractivity contribution in [3.8, 4) is 0 Å². The Bertz CT molecular complexity index is 461. The molecule has 1 aromatic carbocycles. The molecule has 0 atom stereocenters. The zero-order valence-corrected chi connectivity index (χ0v) is 12.8. The van der Waals surface area contributed by atoms with Crippen LogP contribution in [0.25, 0.3) is 0 Å². The lowest BCUT2D eigenvalue weighted by atomic mass is 9.89. The number of hydrogen-bond acceptors (Lipinski definition) is 1. The summed E-state index contributed by atoms with van der Waals surface area (Å²) in [5.74, 6) is -0.165. The molecule has 0 saturated heterocycles. The molecule has 2 nitrogen and oxygen atoms in total. The van der Waals surface area contributed by atoms with Gasteiger partial charge < -0.3 is 5.32 Å². The summed E-state index contributed by atoms with van der Waals surface area (Å²) in [4.78, 5) is 12.0. The number of nitrogens with one attached hydrogen (secondary N) is 1. The Hall–Kier alpha value is -0.610. The standard InChI is InChI=1S/C14H16BrClFNO/c15-13-6-5-11(17)7-12(13)14(19)18-8-9-1-3-10(16)4-2-9/h5-7,9-10H,1-4,8H2,(H,18,19). The molecule has 19 heavy (non-hydrogen) atoms. The van der Waals surface area contributed by atoms with Crippen LogP contribution < -0.4 is 5.32 Å². The molecule has 1 amide bonds. The van der Waals surface area contributed by atoms with Crippen LogP contribution in [-0.2, 0) is 0 Å². The van der Waals surface area contributed by atoms with Gasteiger partial charge in [-0.2, -0.15) is 0 Å². The van der Waals surface area contributed by atoms with E-state index in [-0.39, 0.29) is 11.3 Å². The fourth-order valence-corrected chi connectivity index (χ4v) is 3.01. The van der Waals surface area contributed by atoms with Crippen molar-refractivity contribution >= 4 is 33.4 Å². The van der Waals surface area contributed by atoms with Gasteiger partial charge in [-0.1, -0.05) is 0 Å². The number of amides is 1. The van der Waals surface area contributed by atoms with Crippen molar-refractivity contribution in [3.05, 3.63) is 34.1 Å². The Balaban J connectivity index is 1.89. The van der Waals surface area contributed by atoms with E-state index in [9.17, 15) is 9.18 Å². The molecule has 2 rings (SSSR count). The third-order valence-corrected chi connectivity index (χ3v) is 4.63. The van der Waals surface area contributed by atoms with Crippen molar-refractivity contribution < 1.29 is 9.18 Å². The average molecular weight is 349 g/mol. The Morgan fingerprint density at radius 3 is 2.74 bits per heavy atom. The van der Waals surface area contributed by atoms with Gasteiger partial charge in [0.2, 0.25) is 0 Å². The lowest BCUT2D eigenvalue weighted by Gasteiger charge is -2.25. The third-order valence-electron chi connectivity index (χ3n) is 3.50. The van der Waals surface area contributed by atoms with E-state index in [0.717, 1.165) is 25.7 Å². The maximum atomic E-state index is 13.1. The van der Waals surface area contributed by atoms with Gasteiger partial charge >= 0.3 is 0 Å². The zero-order chi connectivity index (χ0) is 13.8. The van der Waals surface area contributed by atoms with Crippen LogP contribution in [0.15, 0.2) is 22.7 Å². The Kier molecular flexibility index (Phi) is 5.22. The molecule has 0 spiro atoms. The van der Waals surface area contributed by atoms with Gasteiger partial charge in [0.1, 0.15) is 5.82 Å². The van der Waals surface area contributed by atoms with Gasteiger partial charge in [0.15, 0.2) is 0 Å². The van der Waals surface area contributed by atoms with Gasteiger partial charge in [-0.15, -0.1) is 11.6 Å². The SMILES string of the molecule is O=C(NCC1CCC(Cl)CC1)c1cc(F)ccc1Br. The van der Waals surface area contributed by atoms with Crippen molar-refractivity contribution in [2.45, 2.75) is 31.1 Å². The van der Waals surface area contributed by atoms with Gasteiger partial charge in [0, 0.05) is 16.4 Å². The summed E-state index contributed by atoms with van der Waals surface area (Å²) in [6, 6.07) is 4.11. The Morgan fingerprint density at radius 1 is 1.37 bits per heavy atom. The van der Waals surface area contributed by atoms with Crippen LogP contribution in [0.5, 0.6) is 0 Å². The molecule has 1 aliphatic carbocycles. The fourth-order valence-electron chi connectivity index (χ4n) is 2.33. The van der Waals surface area contributed by atoms with Crippen LogP contribution in [0.1, 0.15) is 36.0 Å². The van der Waals surface area contributed by atoms with Crippen molar-refractivity contribution in [2.24, 2.45) is 5.92 Å². The van der Waals surface area contributed by atoms with Gasteiger partial charge in [0.25, 0.3) is 5.91 Å². The molecule has 104 valence electrons. The zero-order valence-electron chi connectivity index (χ0n) is 10.5. The highest BCUT2D eigenvalue weighted by molar-refractivity contribution is 9.10. The maximum absolute atomic E-state index is 13.1. The molecule has 0 radical (unpaired) electrons. The monoisotopic (exact) mass is 347 g/mol. The molecule has 1 aromatic rings. The molecule has 1 saturated carbocycles. The van der Waals surface area contributed by atoms with E-state index in [1.54, 1.807) is 6.07 Å². The van der Waals surface area contributed by atoms with Crippen LogP contribution in [0.4, 0.5) is 4.39 Å². The largest absolute Gasteiger partial charge is 0.352 e. The fraction of sp³-hybridized carbons (Fsp3) is 0.500. The first-order valence-electron chi connectivity index (χ1n) is 6.43. The second-order valence-corrected chi connectivity index (χ2v) is 6.42. The second-order valence-electron chi connectivity index (χ2n) is 4.95. The van der Waals surface area contributed by atoms with Crippen LogP contribution in [0.3, 0.4) is 0 Å². The van der Waals surface area contributed by atoms with E-state index in [4.69, 9.17) is 11.6 Å². The average Bonchev–Trinajstić information content (AvgIpc) is 2.40. The summed E-state index contributed by atoms with van der Waals surface area (Å²) in [7, 11) is 0. The van der Waals surface area contributed by atoms with Crippen molar-refractivity contribution in [1.82, 2.24) is 5.32 Å². The molecule has 5 heteroatoms. The van der Waals surface area contributed by atoms with Crippen LogP contribution in [0, 0.1) is 11.7 Å². The summed E-state index contributed by atoms with van der Waals surface area (Å²) in [6.45, 7) is 0.630. The summed E-state index contributed by atoms with van der Waals surface area (Å²) < 4.78 is 13.7. The highest BCUT2D eigenvalue weighted by Gasteiger charge is 2.20. The summed E-state index contributed by atoms with van der Waals surface area (Å²) in [5.41, 5.74) is 0.339. The first-order valence-corrected chi connectivity index (χ1v) is 7.66. The quantitative estimate of drug-likeness (QED) is 0.818. The number of benzene rings is 1. The summed E-state index contributed by atoms with van der Waals surface area (Å²) >= 11 is 9.30. The molecular formula is C14H16BrClFNO. The number of carbonyl (C=O) groups is 1. The van der Waals surface area contributed by atoms with Gasteiger partial charge in [-0.25, -0.2) is 4.39 Å². The second kappa shape index (κ2) is 6.71. The van der Waals surface area contributed by atoms with E-state index >= 15 is 0 Å². The van der Waals surface area contributed by atoms with Crippen molar-refractivity contribution in [2.75, 3.05) is 6.54 Å². The van der Waals surface area contributed by atoms with Gasteiger partial charge in [0.05, 0.1) is 5.56 Å². The van der Waals surface area contributed by atoms with Crippen LogP contribution in [-0.4, -0.2) is 17.8 Å². The van der Waals surface area contributed by atoms with E-state index in [1.165, 1.54) is 12.1 Å². The minimum atomic E-state index is -0.406. The molecular weight excluding hydrogens is 333 g/mol. The molecule has 1 fully saturated rings. The Morgan fingerprint density at radius 2 is 2.05 bits per heavy atom. The van der Waals surface area contributed by atoms with E-state index in [1.807, 2.05) is 0 Å². The van der Waals surface area contributed by atoms with Crippen molar-refractivity contribution in [3.63, 3.8) is 0 Å². The molecule has 0 unspecified atom stereocenters. The normalized spacial score (nSPS) is 23.1. The highest BCUT2D eigenvalue weighted by atomic mass is 79.9. The molecule has 0 aromatic heterocycles. The number of carbonyl (C=O) groups excluding carboxylic acids is 1. The first-order chi connectivity index (χ1) is 9.06. The smallest absolute Gasteiger partial charge is 0.252 e. The maximum Gasteiger partial charge on any atom is 0.252 e. The van der Waals surface area contributed by atoms with E-state index < -0.39 is 5.82 Å². The number of hydrogen-bond donors (Lipinski definition) is 1. The summed E-state index contributed by atoms with van der Waals surface area (Å²) in [5, 5.41) is 3.15. The third kappa shape index (κ3) is 4.18. The minimum absolute atomic E-state index is 0.237. The van der Waals surface area contributed by atoms with Crippen LogP contribution in [0.2, 0.25) is 0 Å². The lowest BCUT2D eigenvalue weighted by Crippen LogP contribution is -2.31. The predicted molar refractivity (Wildman–Crippen MR) is 78.0 cm³/mol. The highest BCUT2D eigenvalue weighted by Crippen LogP contribution is 2.27. The number of halogens is 3. The molecule has 0 heterocycles. The van der Waals surface area contributed by atoms with Crippen molar-refractivity contribution in [1.29, 1.82) is 0 Å². The Labute approximate surface area is 125 Å². The van der Waals surface area contributed by atoms with Crippen LogP contribution >= 0.6 is 27.5 Å². The van der Waals surface area contributed by atoms with E-state index in [0.29, 0.717) is 22.5 Å². The van der Waals surface area contributed by atoms with Gasteiger partial charge in [-0.3, -0.25) is 4.79 Å². The molecule has 0 aliphatic heterocycles.